The zero-order valence-electron chi connectivity index (χ0n) is 18.9. The standard InChI is InChI=1S/C28H27ClN2O2S/c29-20-8-6-19(7-9-20)27-22-13-15-34-25(22)12-14-30(27)26(32)17-31(21-10-11-21)28(33)24-16-23(24)18-4-2-1-3-5-18/h1-9,13,15,21,23-24,27H,10-12,14,16-17H2. The van der Waals surface area contributed by atoms with Gasteiger partial charge in [0.15, 0.2) is 0 Å². The summed E-state index contributed by atoms with van der Waals surface area (Å²) in [5, 5.41) is 2.80. The lowest BCUT2D eigenvalue weighted by Crippen LogP contribution is -2.47. The maximum absolute atomic E-state index is 13.7. The fourth-order valence-electron chi connectivity index (χ4n) is 5.35. The molecule has 2 fully saturated rings. The second-order valence-corrected chi connectivity index (χ2v) is 11.1. The summed E-state index contributed by atoms with van der Waals surface area (Å²) >= 11 is 7.90. The molecule has 174 valence electrons. The molecule has 2 aromatic carbocycles. The van der Waals surface area contributed by atoms with Crippen LogP contribution >= 0.6 is 22.9 Å². The van der Waals surface area contributed by atoms with Crippen LogP contribution in [0.25, 0.3) is 0 Å². The Morgan fingerprint density at radius 2 is 1.76 bits per heavy atom. The minimum Gasteiger partial charge on any atom is -0.330 e. The maximum atomic E-state index is 13.7. The molecule has 3 atom stereocenters. The van der Waals surface area contributed by atoms with Crippen LogP contribution in [0.5, 0.6) is 0 Å². The van der Waals surface area contributed by atoms with Crippen LogP contribution in [0.15, 0.2) is 66.0 Å². The Kier molecular flexibility index (Phi) is 5.70. The van der Waals surface area contributed by atoms with Crippen LogP contribution in [0, 0.1) is 5.92 Å². The van der Waals surface area contributed by atoms with Gasteiger partial charge in [-0.3, -0.25) is 9.59 Å². The first kappa shape index (κ1) is 21.9. The topological polar surface area (TPSA) is 40.6 Å². The summed E-state index contributed by atoms with van der Waals surface area (Å²) in [6.07, 6.45) is 3.74. The van der Waals surface area contributed by atoms with Crippen LogP contribution in [0.4, 0.5) is 0 Å². The molecule has 3 aliphatic rings. The molecule has 0 N–H and O–H groups in total. The molecule has 0 saturated heterocycles. The molecule has 0 spiro atoms. The van der Waals surface area contributed by atoms with Gasteiger partial charge in [-0.15, -0.1) is 11.3 Å². The summed E-state index contributed by atoms with van der Waals surface area (Å²) in [6.45, 7) is 0.841. The summed E-state index contributed by atoms with van der Waals surface area (Å²) < 4.78 is 0. The maximum Gasteiger partial charge on any atom is 0.243 e. The summed E-state index contributed by atoms with van der Waals surface area (Å²) in [6, 6.07) is 20.3. The van der Waals surface area contributed by atoms with Crippen LogP contribution in [0.1, 0.15) is 52.8 Å². The average molecular weight is 491 g/mol. The van der Waals surface area contributed by atoms with E-state index < -0.39 is 0 Å². The number of hydrogen-bond donors (Lipinski definition) is 0. The van der Waals surface area contributed by atoms with Crippen molar-refractivity contribution in [2.24, 2.45) is 5.92 Å². The number of halogens is 1. The van der Waals surface area contributed by atoms with Gasteiger partial charge in [-0.1, -0.05) is 54.1 Å². The van der Waals surface area contributed by atoms with Gasteiger partial charge in [0.2, 0.25) is 11.8 Å². The lowest BCUT2D eigenvalue weighted by atomic mass is 9.93. The van der Waals surface area contributed by atoms with E-state index in [-0.39, 0.29) is 42.3 Å². The molecule has 2 heterocycles. The van der Waals surface area contributed by atoms with E-state index >= 15 is 0 Å². The van der Waals surface area contributed by atoms with E-state index in [1.165, 1.54) is 16.0 Å². The van der Waals surface area contributed by atoms with E-state index in [2.05, 4.69) is 23.6 Å². The van der Waals surface area contributed by atoms with Crippen LogP contribution in [0.3, 0.4) is 0 Å². The quantitative estimate of drug-likeness (QED) is 0.446. The molecule has 2 amide bonds. The number of amides is 2. The molecule has 2 saturated carbocycles. The van der Waals surface area contributed by atoms with E-state index in [1.807, 2.05) is 52.3 Å². The Balaban J connectivity index is 1.22. The molecule has 3 aromatic rings. The molecule has 0 bridgehead atoms. The zero-order chi connectivity index (χ0) is 23.2. The lowest BCUT2D eigenvalue weighted by Gasteiger charge is -2.37. The van der Waals surface area contributed by atoms with Crippen molar-refractivity contribution in [3.63, 3.8) is 0 Å². The number of thiophene rings is 1. The van der Waals surface area contributed by atoms with E-state index in [0.717, 1.165) is 31.2 Å². The minimum absolute atomic E-state index is 0.00712. The van der Waals surface area contributed by atoms with Crippen molar-refractivity contribution >= 4 is 34.8 Å². The van der Waals surface area contributed by atoms with Gasteiger partial charge in [0.05, 0.1) is 6.04 Å². The third kappa shape index (κ3) is 4.16. The zero-order valence-corrected chi connectivity index (χ0v) is 20.5. The number of rotatable bonds is 6. The molecule has 1 aliphatic heterocycles. The van der Waals surface area contributed by atoms with E-state index in [9.17, 15) is 9.59 Å². The summed E-state index contributed by atoms with van der Waals surface area (Å²) in [7, 11) is 0. The van der Waals surface area contributed by atoms with Crippen molar-refractivity contribution in [3.8, 4) is 0 Å². The predicted octanol–water partition coefficient (Wildman–Crippen LogP) is 5.67. The van der Waals surface area contributed by atoms with Gasteiger partial charge >= 0.3 is 0 Å². The Morgan fingerprint density at radius 3 is 2.50 bits per heavy atom. The van der Waals surface area contributed by atoms with E-state index in [4.69, 9.17) is 11.6 Å². The fourth-order valence-corrected chi connectivity index (χ4v) is 6.38. The fraction of sp³-hybridized carbons (Fsp3) is 0.357. The average Bonchev–Trinajstić information content (AvgIpc) is 3.79. The van der Waals surface area contributed by atoms with Gasteiger partial charge in [0.25, 0.3) is 0 Å². The third-order valence-electron chi connectivity index (χ3n) is 7.38. The molecular formula is C28H27ClN2O2S. The van der Waals surface area contributed by atoms with E-state index in [1.54, 1.807) is 11.3 Å². The van der Waals surface area contributed by atoms with Crippen molar-refractivity contribution in [2.75, 3.05) is 13.1 Å². The van der Waals surface area contributed by atoms with Gasteiger partial charge in [-0.25, -0.2) is 0 Å². The highest BCUT2D eigenvalue weighted by atomic mass is 35.5. The normalized spacial score (nSPS) is 23.3. The van der Waals surface area contributed by atoms with Crippen molar-refractivity contribution in [1.29, 1.82) is 0 Å². The Bertz CT molecular complexity index is 1200. The number of carbonyl (C=O) groups excluding carboxylic acids is 2. The number of nitrogens with zero attached hydrogens (tertiary/aromatic N) is 2. The van der Waals surface area contributed by atoms with Crippen molar-refractivity contribution in [1.82, 2.24) is 9.80 Å². The van der Waals surface area contributed by atoms with Gasteiger partial charge in [-0.2, -0.15) is 0 Å². The van der Waals surface area contributed by atoms with Gasteiger partial charge in [-0.05, 0) is 71.9 Å². The first-order valence-corrected chi connectivity index (χ1v) is 13.3. The molecule has 3 unspecified atom stereocenters. The Hall–Kier alpha value is -2.63. The minimum atomic E-state index is -0.131. The highest BCUT2D eigenvalue weighted by molar-refractivity contribution is 7.10. The molecule has 1 aromatic heterocycles. The third-order valence-corrected chi connectivity index (χ3v) is 8.63. The summed E-state index contributed by atoms with van der Waals surface area (Å²) in [5.41, 5.74) is 3.49. The Morgan fingerprint density at radius 1 is 1.00 bits per heavy atom. The van der Waals surface area contributed by atoms with Crippen molar-refractivity contribution in [3.05, 3.63) is 92.6 Å². The first-order chi connectivity index (χ1) is 16.6. The highest BCUT2D eigenvalue weighted by Crippen LogP contribution is 2.49. The molecule has 2 aliphatic carbocycles. The number of benzene rings is 2. The molecule has 0 radical (unpaired) electrons. The molecule has 34 heavy (non-hydrogen) atoms. The summed E-state index contributed by atoms with van der Waals surface area (Å²) in [4.78, 5) is 32.4. The van der Waals surface area contributed by atoms with Crippen LogP contribution in [-0.4, -0.2) is 40.7 Å². The predicted molar refractivity (Wildman–Crippen MR) is 135 cm³/mol. The van der Waals surface area contributed by atoms with Crippen molar-refractivity contribution in [2.45, 2.75) is 43.7 Å². The van der Waals surface area contributed by atoms with Crippen LogP contribution in [-0.2, 0) is 16.0 Å². The number of carbonyl (C=O) groups is 2. The lowest BCUT2D eigenvalue weighted by molar-refractivity contribution is -0.143. The van der Waals surface area contributed by atoms with Gasteiger partial charge in [0.1, 0.15) is 6.54 Å². The highest BCUT2D eigenvalue weighted by Gasteiger charge is 2.49. The monoisotopic (exact) mass is 490 g/mol. The van der Waals surface area contributed by atoms with Gasteiger partial charge < -0.3 is 9.80 Å². The second-order valence-electron chi connectivity index (χ2n) is 9.65. The number of fused-ring (bicyclic) bond motifs is 1. The Labute approximate surface area is 209 Å². The van der Waals surface area contributed by atoms with Crippen LogP contribution < -0.4 is 0 Å². The van der Waals surface area contributed by atoms with E-state index in [0.29, 0.717) is 11.6 Å². The first-order valence-electron chi connectivity index (χ1n) is 12.1. The van der Waals surface area contributed by atoms with Crippen molar-refractivity contribution < 1.29 is 9.59 Å². The SMILES string of the molecule is O=C(C1CC1c1ccccc1)N(CC(=O)N1CCc2sccc2C1c1ccc(Cl)cc1)C1CC1. The largest absolute Gasteiger partial charge is 0.330 e. The second kappa shape index (κ2) is 8.86. The molecule has 6 rings (SSSR count). The smallest absolute Gasteiger partial charge is 0.243 e. The van der Waals surface area contributed by atoms with Crippen LogP contribution in [0.2, 0.25) is 5.02 Å². The number of hydrogen-bond acceptors (Lipinski definition) is 3. The molecular weight excluding hydrogens is 464 g/mol. The molecule has 4 nitrogen and oxygen atoms in total. The molecule has 6 heteroatoms. The van der Waals surface area contributed by atoms with Gasteiger partial charge in [0, 0.05) is 28.4 Å². The summed E-state index contributed by atoms with van der Waals surface area (Å²) in [5.74, 6) is 0.484.